The second kappa shape index (κ2) is 7.56. The van der Waals surface area contributed by atoms with Gasteiger partial charge in [-0.05, 0) is 49.4 Å². The molecule has 2 aromatic carbocycles. The number of anilines is 1. The number of rotatable bonds is 6. The van der Waals surface area contributed by atoms with E-state index < -0.39 is 18.5 Å². The number of nitrogens with one attached hydrogen (secondary N) is 3. The van der Waals surface area contributed by atoms with Gasteiger partial charge in [0.1, 0.15) is 5.75 Å². The molecule has 0 aliphatic heterocycles. The first-order valence-electron chi connectivity index (χ1n) is 7.97. The van der Waals surface area contributed by atoms with Crippen molar-refractivity contribution in [2.45, 2.75) is 6.92 Å². The van der Waals surface area contributed by atoms with Gasteiger partial charge in [-0.15, -0.1) is 0 Å². The maximum absolute atomic E-state index is 12.0. The number of benzene rings is 2. The lowest BCUT2D eigenvalue weighted by Crippen LogP contribution is -2.20. The summed E-state index contributed by atoms with van der Waals surface area (Å²) in [6, 6.07) is 11.4. The molecule has 0 spiro atoms. The minimum Gasteiger partial charge on any atom is -0.494 e. The molecule has 0 unspecified atom stereocenters. The molecule has 0 aliphatic carbocycles. The summed E-state index contributed by atoms with van der Waals surface area (Å²) in [7, 11) is 0. The predicted molar refractivity (Wildman–Crippen MR) is 95.4 cm³/mol. The molecule has 0 saturated heterocycles. The Morgan fingerprint density at radius 1 is 1.04 bits per heavy atom. The van der Waals surface area contributed by atoms with Crippen molar-refractivity contribution in [3.8, 4) is 5.75 Å². The Morgan fingerprint density at radius 3 is 2.50 bits per heavy atom. The van der Waals surface area contributed by atoms with Crippen LogP contribution in [0.1, 0.15) is 17.3 Å². The van der Waals surface area contributed by atoms with Gasteiger partial charge in [-0.2, -0.15) is 0 Å². The van der Waals surface area contributed by atoms with E-state index in [1.54, 1.807) is 42.5 Å². The van der Waals surface area contributed by atoms with Gasteiger partial charge >= 0.3 is 11.7 Å². The highest BCUT2D eigenvalue weighted by Crippen LogP contribution is 2.15. The Bertz CT molecular complexity index is 988. The number of esters is 1. The lowest BCUT2D eigenvalue weighted by Gasteiger charge is -2.07. The van der Waals surface area contributed by atoms with Crippen LogP contribution in [0, 0.1) is 0 Å². The fourth-order valence-corrected chi connectivity index (χ4v) is 2.38. The molecule has 134 valence electrons. The van der Waals surface area contributed by atoms with E-state index in [-0.39, 0.29) is 5.69 Å². The molecular weight excluding hydrogens is 338 g/mol. The van der Waals surface area contributed by atoms with Crippen molar-refractivity contribution >= 4 is 28.6 Å². The monoisotopic (exact) mass is 355 g/mol. The third-order valence-electron chi connectivity index (χ3n) is 3.54. The van der Waals surface area contributed by atoms with Gasteiger partial charge in [0.15, 0.2) is 6.61 Å². The Kier molecular flexibility index (Phi) is 5.02. The van der Waals surface area contributed by atoms with Crippen LogP contribution < -0.4 is 15.7 Å². The van der Waals surface area contributed by atoms with Crippen molar-refractivity contribution < 1.29 is 19.1 Å². The Balaban J connectivity index is 1.55. The summed E-state index contributed by atoms with van der Waals surface area (Å²) < 4.78 is 10.3. The molecule has 26 heavy (non-hydrogen) atoms. The number of imidazole rings is 1. The van der Waals surface area contributed by atoms with Crippen LogP contribution in [0.25, 0.3) is 11.0 Å². The number of carbonyl (C=O) groups is 2. The molecule has 0 radical (unpaired) electrons. The van der Waals surface area contributed by atoms with Gasteiger partial charge in [-0.3, -0.25) is 4.79 Å². The molecule has 1 heterocycles. The summed E-state index contributed by atoms with van der Waals surface area (Å²) in [4.78, 5) is 40.3. The molecule has 0 fully saturated rings. The van der Waals surface area contributed by atoms with Gasteiger partial charge in [0, 0.05) is 5.69 Å². The Morgan fingerprint density at radius 2 is 1.77 bits per heavy atom. The summed E-state index contributed by atoms with van der Waals surface area (Å²) in [5.41, 5.74) is 1.68. The fourth-order valence-electron chi connectivity index (χ4n) is 2.38. The van der Waals surface area contributed by atoms with Gasteiger partial charge in [-0.25, -0.2) is 9.59 Å². The molecular formula is C18H17N3O5. The number of ether oxygens (including phenoxy) is 2. The average molecular weight is 355 g/mol. The molecule has 8 heteroatoms. The quantitative estimate of drug-likeness (QED) is 0.586. The molecule has 0 bridgehead atoms. The van der Waals surface area contributed by atoms with E-state index in [9.17, 15) is 14.4 Å². The third-order valence-corrected chi connectivity index (χ3v) is 3.54. The van der Waals surface area contributed by atoms with E-state index in [1.807, 2.05) is 6.92 Å². The van der Waals surface area contributed by atoms with Crippen LogP contribution in [0.5, 0.6) is 5.75 Å². The van der Waals surface area contributed by atoms with E-state index >= 15 is 0 Å². The number of fused-ring (bicyclic) bond motifs is 1. The highest BCUT2D eigenvalue weighted by atomic mass is 16.5. The highest BCUT2D eigenvalue weighted by molar-refractivity contribution is 5.96. The van der Waals surface area contributed by atoms with Crippen LogP contribution >= 0.6 is 0 Å². The highest BCUT2D eigenvalue weighted by Gasteiger charge is 2.11. The van der Waals surface area contributed by atoms with Crippen LogP contribution in [0.15, 0.2) is 47.3 Å². The minimum absolute atomic E-state index is 0.326. The number of aromatic nitrogens is 2. The van der Waals surface area contributed by atoms with Crippen molar-refractivity contribution in [2.24, 2.45) is 0 Å². The molecule has 1 aromatic heterocycles. The lowest BCUT2D eigenvalue weighted by molar-refractivity contribution is -0.119. The van der Waals surface area contributed by atoms with Crippen LogP contribution in [0.2, 0.25) is 0 Å². The maximum Gasteiger partial charge on any atom is 0.338 e. The molecule has 0 atom stereocenters. The van der Waals surface area contributed by atoms with Crippen molar-refractivity contribution in [3.05, 3.63) is 58.5 Å². The van der Waals surface area contributed by atoms with Gasteiger partial charge in [0.2, 0.25) is 0 Å². The number of carbonyl (C=O) groups excluding carboxylic acids is 2. The molecule has 8 nitrogen and oxygen atoms in total. The van der Waals surface area contributed by atoms with Gasteiger partial charge < -0.3 is 24.8 Å². The van der Waals surface area contributed by atoms with Gasteiger partial charge in [0.05, 0.1) is 23.2 Å². The van der Waals surface area contributed by atoms with Crippen molar-refractivity contribution in [3.63, 3.8) is 0 Å². The van der Waals surface area contributed by atoms with Crippen molar-refractivity contribution in [1.82, 2.24) is 9.97 Å². The van der Waals surface area contributed by atoms with Crippen LogP contribution in [0.4, 0.5) is 5.69 Å². The molecule has 0 saturated carbocycles. The number of hydrogen-bond acceptors (Lipinski definition) is 5. The summed E-state index contributed by atoms with van der Waals surface area (Å²) in [5.74, 6) is -0.435. The second-order valence-electron chi connectivity index (χ2n) is 5.42. The summed E-state index contributed by atoms with van der Waals surface area (Å²) >= 11 is 0. The minimum atomic E-state index is -0.603. The van der Waals surface area contributed by atoms with E-state index in [4.69, 9.17) is 9.47 Å². The van der Waals surface area contributed by atoms with Crippen LogP contribution in [0.3, 0.4) is 0 Å². The van der Waals surface area contributed by atoms with Gasteiger partial charge in [0.25, 0.3) is 5.91 Å². The summed E-state index contributed by atoms with van der Waals surface area (Å²) in [5, 5.41) is 2.60. The van der Waals surface area contributed by atoms with Gasteiger partial charge in [-0.1, -0.05) is 0 Å². The number of amides is 1. The zero-order chi connectivity index (χ0) is 18.5. The first-order chi connectivity index (χ1) is 12.5. The summed E-state index contributed by atoms with van der Waals surface area (Å²) in [6.07, 6.45) is 0. The van der Waals surface area contributed by atoms with Crippen LogP contribution in [-0.2, 0) is 9.53 Å². The standard InChI is InChI=1S/C18H17N3O5/c1-2-25-13-6-3-11(4-7-13)17(23)26-10-16(22)19-12-5-8-14-15(9-12)21-18(24)20-14/h3-9H,2,10H2,1H3,(H,19,22)(H2,20,21,24). The van der Waals surface area contributed by atoms with E-state index in [0.29, 0.717) is 34.6 Å². The SMILES string of the molecule is CCOc1ccc(C(=O)OCC(=O)Nc2ccc3[nH]c(=O)[nH]c3c2)cc1. The molecule has 1 amide bonds. The zero-order valence-electron chi connectivity index (χ0n) is 14.0. The largest absolute Gasteiger partial charge is 0.494 e. The zero-order valence-corrected chi connectivity index (χ0v) is 14.0. The average Bonchev–Trinajstić information content (AvgIpc) is 3.00. The van der Waals surface area contributed by atoms with E-state index in [2.05, 4.69) is 15.3 Å². The topological polar surface area (TPSA) is 113 Å². The van der Waals surface area contributed by atoms with Crippen molar-refractivity contribution in [1.29, 1.82) is 0 Å². The second-order valence-corrected chi connectivity index (χ2v) is 5.42. The molecule has 3 N–H and O–H groups in total. The third kappa shape index (κ3) is 4.10. The van der Waals surface area contributed by atoms with E-state index in [1.165, 1.54) is 0 Å². The molecule has 3 aromatic rings. The molecule has 3 rings (SSSR count). The summed E-state index contributed by atoms with van der Waals surface area (Å²) in [6.45, 7) is 1.98. The maximum atomic E-state index is 12.0. The number of aromatic amines is 2. The van der Waals surface area contributed by atoms with E-state index in [0.717, 1.165) is 0 Å². The van der Waals surface area contributed by atoms with Crippen LogP contribution in [-0.4, -0.2) is 35.1 Å². The number of H-pyrrole nitrogens is 2. The smallest absolute Gasteiger partial charge is 0.338 e. The van der Waals surface area contributed by atoms with Crippen molar-refractivity contribution in [2.75, 3.05) is 18.5 Å². The number of hydrogen-bond donors (Lipinski definition) is 3. The normalized spacial score (nSPS) is 10.5. The molecule has 0 aliphatic rings. The Hall–Kier alpha value is -3.55. The lowest BCUT2D eigenvalue weighted by atomic mass is 10.2. The first-order valence-corrected chi connectivity index (χ1v) is 7.97. The Labute approximate surface area is 148 Å². The first kappa shape index (κ1) is 17.3. The predicted octanol–water partition coefficient (Wildman–Crippen LogP) is 2.05. The fraction of sp³-hybridized carbons (Fsp3) is 0.167.